The molecule has 4 unspecified atom stereocenters. The normalized spacial score (nSPS) is 39.8. The van der Waals surface area contributed by atoms with Crippen molar-refractivity contribution in [1.82, 2.24) is 0 Å². The molecular weight excluding hydrogens is 485 g/mol. The van der Waals surface area contributed by atoms with E-state index in [1.807, 2.05) is 0 Å². The fraction of sp³-hybridized carbons (Fsp3) is 0.939. The van der Waals surface area contributed by atoms with Gasteiger partial charge < -0.3 is 8.85 Å². The van der Waals surface area contributed by atoms with Gasteiger partial charge in [-0.25, -0.2) is 0 Å². The average molecular weight is 547 g/mol. The Morgan fingerprint density at radius 2 is 1.62 bits per heavy atom. The molecule has 0 N–H and O–H groups in total. The van der Waals surface area contributed by atoms with Crippen molar-refractivity contribution in [3.8, 4) is 0 Å². The average Bonchev–Trinajstić information content (AvgIpc) is 3.14. The Hall–Kier alpha value is 0.0938. The number of fused-ring (bicyclic) bond motifs is 5. The minimum atomic E-state index is -1.47. The SMILES string of the molecule is CC(CCC[C@@H](C)[C@H]1CCC2C3CC=C4C[C@@H](O[Si](C)(C)C)CC[C@]4(C)C3CC[C@@]21C)CO[Si](C)(C)C. The molecule has 9 atom stereocenters. The predicted molar refractivity (Wildman–Crippen MR) is 165 cm³/mol. The third-order valence-electron chi connectivity index (χ3n) is 11.5. The maximum absolute atomic E-state index is 6.60. The number of rotatable bonds is 10. The van der Waals surface area contributed by atoms with Gasteiger partial charge in [0.1, 0.15) is 0 Å². The summed E-state index contributed by atoms with van der Waals surface area (Å²) in [6, 6.07) is 0. The summed E-state index contributed by atoms with van der Waals surface area (Å²) >= 11 is 0. The summed E-state index contributed by atoms with van der Waals surface area (Å²) in [6.45, 7) is 25.4. The summed E-state index contributed by atoms with van der Waals surface area (Å²) in [4.78, 5) is 0. The van der Waals surface area contributed by atoms with E-state index in [0.29, 0.717) is 22.9 Å². The van der Waals surface area contributed by atoms with Crippen LogP contribution in [0.5, 0.6) is 0 Å². The van der Waals surface area contributed by atoms with Gasteiger partial charge in [-0.05, 0) is 143 Å². The fourth-order valence-corrected chi connectivity index (χ4v) is 11.7. The van der Waals surface area contributed by atoms with Crippen LogP contribution in [0.1, 0.15) is 98.3 Å². The Bertz CT molecular complexity index is 810. The maximum atomic E-state index is 6.60. The summed E-state index contributed by atoms with van der Waals surface area (Å²) in [5.74, 6) is 5.31. The largest absolute Gasteiger partial charge is 0.417 e. The lowest BCUT2D eigenvalue weighted by atomic mass is 9.47. The zero-order valence-corrected chi connectivity index (χ0v) is 28.4. The number of allylic oxidation sites excluding steroid dienone is 1. The van der Waals surface area contributed by atoms with Gasteiger partial charge in [0.2, 0.25) is 0 Å². The van der Waals surface area contributed by atoms with Gasteiger partial charge >= 0.3 is 0 Å². The van der Waals surface area contributed by atoms with Crippen LogP contribution in [0.2, 0.25) is 39.3 Å². The van der Waals surface area contributed by atoms with Gasteiger partial charge in [0.05, 0.1) is 0 Å². The molecule has 4 rings (SSSR count). The van der Waals surface area contributed by atoms with Gasteiger partial charge in [0.15, 0.2) is 16.6 Å². The van der Waals surface area contributed by atoms with Crippen LogP contribution in [0.3, 0.4) is 0 Å². The van der Waals surface area contributed by atoms with E-state index in [1.54, 1.807) is 5.57 Å². The molecule has 3 fully saturated rings. The standard InChI is InChI=1S/C33H62O2Si2/c1-24(23-34-36(5,6)7)12-11-13-25(2)29-16-17-30-28-15-14-26-22-27(35-37(8,9)10)18-20-32(26,3)31(28)19-21-33(29,30)4/h14,24-25,27-31H,11-13,15-23H2,1-10H3/t24?,25-,27+,28?,29-,30?,31?,32+,33-/m1/s1. The van der Waals surface area contributed by atoms with Gasteiger partial charge in [-0.1, -0.05) is 52.2 Å². The topological polar surface area (TPSA) is 18.5 Å². The molecule has 4 heteroatoms. The molecule has 0 aromatic rings. The summed E-state index contributed by atoms with van der Waals surface area (Å²) in [5.41, 5.74) is 2.80. The van der Waals surface area contributed by atoms with E-state index in [1.165, 1.54) is 70.6 Å². The van der Waals surface area contributed by atoms with Crippen LogP contribution in [0, 0.1) is 46.3 Å². The molecule has 4 aliphatic rings. The van der Waals surface area contributed by atoms with Crippen molar-refractivity contribution in [2.24, 2.45) is 46.3 Å². The lowest BCUT2D eigenvalue weighted by Crippen LogP contribution is -2.51. The molecule has 0 aromatic carbocycles. The monoisotopic (exact) mass is 546 g/mol. The maximum Gasteiger partial charge on any atom is 0.184 e. The number of hydrogen-bond donors (Lipinski definition) is 0. The predicted octanol–water partition coefficient (Wildman–Crippen LogP) is 10.1. The highest BCUT2D eigenvalue weighted by Gasteiger charge is 2.59. The zero-order chi connectivity index (χ0) is 27.2. The van der Waals surface area contributed by atoms with Gasteiger partial charge in [-0.2, -0.15) is 0 Å². The van der Waals surface area contributed by atoms with Crippen molar-refractivity contribution < 1.29 is 8.85 Å². The highest BCUT2D eigenvalue weighted by Crippen LogP contribution is 2.67. The molecule has 0 saturated heterocycles. The third kappa shape index (κ3) is 6.71. The molecule has 0 bridgehead atoms. The first-order chi connectivity index (χ1) is 17.1. The van der Waals surface area contributed by atoms with Crippen molar-refractivity contribution in [2.75, 3.05) is 6.61 Å². The van der Waals surface area contributed by atoms with Crippen molar-refractivity contribution >= 4 is 16.6 Å². The van der Waals surface area contributed by atoms with Crippen molar-refractivity contribution in [3.63, 3.8) is 0 Å². The summed E-state index contributed by atoms with van der Waals surface area (Å²) in [6.07, 6.45) is 18.5. The first kappa shape index (κ1) is 30.1. The minimum absolute atomic E-state index is 0.446. The zero-order valence-electron chi connectivity index (χ0n) is 26.4. The molecule has 3 saturated carbocycles. The molecule has 0 aromatic heterocycles. The summed E-state index contributed by atoms with van der Waals surface area (Å²) < 4.78 is 12.8. The van der Waals surface area contributed by atoms with Gasteiger partial charge in [-0.3, -0.25) is 0 Å². The van der Waals surface area contributed by atoms with E-state index < -0.39 is 16.6 Å². The Morgan fingerprint density at radius 1 is 0.892 bits per heavy atom. The van der Waals surface area contributed by atoms with E-state index in [0.717, 1.165) is 36.2 Å². The van der Waals surface area contributed by atoms with Crippen molar-refractivity contribution in [1.29, 1.82) is 0 Å². The molecule has 0 amide bonds. The van der Waals surface area contributed by atoms with E-state index in [4.69, 9.17) is 8.85 Å². The third-order valence-corrected chi connectivity index (χ3v) is 13.6. The highest BCUT2D eigenvalue weighted by atomic mass is 28.4. The Kier molecular flexibility index (Phi) is 9.07. The smallest absolute Gasteiger partial charge is 0.184 e. The van der Waals surface area contributed by atoms with Crippen LogP contribution in [-0.2, 0) is 8.85 Å². The van der Waals surface area contributed by atoms with Crippen LogP contribution in [0.15, 0.2) is 11.6 Å². The molecule has 2 nitrogen and oxygen atoms in total. The lowest BCUT2D eigenvalue weighted by Gasteiger charge is -2.58. The highest BCUT2D eigenvalue weighted by molar-refractivity contribution is 6.70. The molecular formula is C33H62O2Si2. The first-order valence-electron chi connectivity index (χ1n) is 16.1. The van der Waals surface area contributed by atoms with Crippen LogP contribution in [-0.4, -0.2) is 29.3 Å². The van der Waals surface area contributed by atoms with Gasteiger partial charge in [0.25, 0.3) is 0 Å². The molecule has 37 heavy (non-hydrogen) atoms. The Morgan fingerprint density at radius 3 is 2.30 bits per heavy atom. The van der Waals surface area contributed by atoms with Crippen LogP contribution in [0.4, 0.5) is 0 Å². The lowest BCUT2D eigenvalue weighted by molar-refractivity contribution is -0.0563. The summed E-state index contributed by atoms with van der Waals surface area (Å²) in [5, 5.41) is 0. The molecule has 0 spiro atoms. The minimum Gasteiger partial charge on any atom is -0.417 e. The second kappa shape index (κ2) is 11.2. The quantitative estimate of drug-likeness (QED) is 0.200. The van der Waals surface area contributed by atoms with Crippen molar-refractivity contribution in [3.05, 3.63) is 11.6 Å². The van der Waals surface area contributed by atoms with Gasteiger partial charge in [-0.15, -0.1) is 0 Å². The second-order valence-electron chi connectivity index (χ2n) is 16.5. The van der Waals surface area contributed by atoms with Crippen LogP contribution in [0.25, 0.3) is 0 Å². The number of hydrogen-bond acceptors (Lipinski definition) is 2. The molecule has 4 aliphatic carbocycles. The van der Waals surface area contributed by atoms with E-state index >= 15 is 0 Å². The molecule has 0 radical (unpaired) electrons. The second-order valence-corrected chi connectivity index (χ2v) is 25.5. The first-order valence-corrected chi connectivity index (χ1v) is 23.0. The fourth-order valence-electron chi connectivity index (χ4n) is 9.67. The van der Waals surface area contributed by atoms with Gasteiger partial charge in [0, 0.05) is 12.7 Å². The van der Waals surface area contributed by atoms with E-state index in [9.17, 15) is 0 Å². The van der Waals surface area contributed by atoms with E-state index in [2.05, 4.69) is 73.1 Å². The Balaban J connectivity index is 1.35. The summed E-state index contributed by atoms with van der Waals surface area (Å²) in [7, 11) is -2.85. The van der Waals surface area contributed by atoms with Crippen molar-refractivity contribution in [2.45, 2.75) is 144 Å². The van der Waals surface area contributed by atoms with E-state index in [-0.39, 0.29) is 0 Å². The van der Waals surface area contributed by atoms with Crippen LogP contribution < -0.4 is 0 Å². The molecule has 0 heterocycles. The van der Waals surface area contributed by atoms with Crippen LogP contribution >= 0.6 is 0 Å². The molecule has 0 aliphatic heterocycles. The Labute approximate surface area is 233 Å². The molecule has 214 valence electrons.